The van der Waals surface area contributed by atoms with Crippen molar-refractivity contribution in [2.24, 2.45) is 5.92 Å². The van der Waals surface area contributed by atoms with Gasteiger partial charge in [-0.15, -0.1) is 0 Å². The van der Waals surface area contributed by atoms with Gasteiger partial charge >= 0.3 is 0 Å². The van der Waals surface area contributed by atoms with Crippen LogP contribution in [0.15, 0.2) is 35.6 Å². The second kappa shape index (κ2) is 3.62. The zero-order chi connectivity index (χ0) is 11.8. The molecule has 1 aliphatic carbocycles. The minimum atomic E-state index is -3.25. The summed E-state index contributed by atoms with van der Waals surface area (Å²) in [6, 6.07) is 1.77. The molecule has 2 rings (SSSR count). The third kappa shape index (κ3) is 1.46. The molecule has 0 aromatic carbocycles. The molecule has 2 atom stereocenters. The number of sulfone groups is 1. The van der Waals surface area contributed by atoms with Crippen molar-refractivity contribution in [3.63, 3.8) is 0 Å². The molecule has 0 spiro atoms. The molecule has 0 amide bonds. The molecule has 5 heteroatoms. The molecule has 0 saturated carbocycles. The summed E-state index contributed by atoms with van der Waals surface area (Å²) in [5, 5.41) is 8.19. The van der Waals surface area contributed by atoms with E-state index in [0.29, 0.717) is 5.57 Å². The molecule has 0 aromatic rings. The van der Waals surface area contributed by atoms with Crippen LogP contribution in [0.3, 0.4) is 0 Å². The lowest BCUT2D eigenvalue weighted by molar-refractivity contribution is 0.592. The summed E-state index contributed by atoms with van der Waals surface area (Å²) >= 11 is 0. The number of hydrogen-bond acceptors (Lipinski definition) is 3. The molecular weight excluding hydrogens is 224 g/mol. The second-order valence-electron chi connectivity index (χ2n) is 3.66. The minimum Gasteiger partial charge on any atom is -0.228 e. The lowest BCUT2D eigenvalue weighted by Gasteiger charge is -2.14. The molecule has 2 aliphatic rings. The Bertz CT molecular complexity index is 581. The first-order chi connectivity index (χ1) is 7.60. The normalized spacial score (nSPS) is 32.6. The van der Waals surface area contributed by atoms with Crippen LogP contribution in [-0.2, 0) is 9.84 Å². The molecule has 1 aliphatic heterocycles. The van der Waals surface area contributed by atoms with E-state index in [0.717, 1.165) is 0 Å². The standard InChI is InChI=1S/C11H8N2O2S/c1-13-10(6-12)9-7-16(14,15)11-5-3-2-4-8(9)11/h2-5,8,11H,7H2/b10-9+. The van der Waals surface area contributed by atoms with Crippen LogP contribution in [0.1, 0.15) is 0 Å². The highest BCUT2D eigenvalue weighted by molar-refractivity contribution is 7.92. The van der Waals surface area contributed by atoms with Gasteiger partial charge in [-0.05, 0) is 5.57 Å². The van der Waals surface area contributed by atoms with E-state index in [9.17, 15) is 8.42 Å². The van der Waals surface area contributed by atoms with Crippen molar-refractivity contribution in [3.05, 3.63) is 47.0 Å². The highest BCUT2D eigenvalue weighted by Crippen LogP contribution is 2.37. The van der Waals surface area contributed by atoms with Crippen molar-refractivity contribution < 1.29 is 8.42 Å². The van der Waals surface area contributed by atoms with Crippen molar-refractivity contribution in [1.29, 1.82) is 5.26 Å². The highest BCUT2D eigenvalue weighted by atomic mass is 32.2. The van der Waals surface area contributed by atoms with E-state index >= 15 is 0 Å². The minimum absolute atomic E-state index is 0.0870. The topological polar surface area (TPSA) is 62.3 Å². The summed E-state index contributed by atoms with van der Waals surface area (Å²) in [5.74, 6) is -0.513. The maximum Gasteiger partial charge on any atom is 0.262 e. The van der Waals surface area contributed by atoms with Gasteiger partial charge in [0.1, 0.15) is 0 Å². The van der Waals surface area contributed by atoms with Crippen molar-refractivity contribution >= 4 is 9.84 Å². The van der Waals surface area contributed by atoms with E-state index in [1.165, 1.54) is 0 Å². The van der Waals surface area contributed by atoms with Gasteiger partial charge in [0.05, 0.1) is 23.6 Å². The Hall–Kier alpha value is -1.85. The molecule has 1 fully saturated rings. The number of allylic oxidation sites excluding steroid dienone is 4. The van der Waals surface area contributed by atoms with Crippen molar-refractivity contribution in [3.8, 4) is 6.07 Å². The third-order valence-electron chi connectivity index (χ3n) is 2.78. The molecule has 1 heterocycles. The van der Waals surface area contributed by atoms with Gasteiger partial charge in [-0.25, -0.2) is 18.5 Å². The van der Waals surface area contributed by atoms with Crippen LogP contribution in [0.2, 0.25) is 0 Å². The van der Waals surface area contributed by atoms with Gasteiger partial charge < -0.3 is 0 Å². The Morgan fingerprint density at radius 2 is 2.19 bits per heavy atom. The van der Waals surface area contributed by atoms with Gasteiger partial charge in [-0.3, -0.25) is 0 Å². The number of hydrogen-bond donors (Lipinski definition) is 0. The van der Waals surface area contributed by atoms with Gasteiger partial charge in [-0.1, -0.05) is 24.3 Å². The van der Waals surface area contributed by atoms with E-state index in [1.807, 2.05) is 0 Å². The molecular formula is C11H8N2O2S. The lowest BCUT2D eigenvalue weighted by Crippen LogP contribution is -2.20. The summed E-state index contributed by atoms with van der Waals surface area (Å²) < 4.78 is 23.6. The average Bonchev–Trinajstić information content (AvgIpc) is 2.54. The molecule has 0 N–H and O–H groups in total. The van der Waals surface area contributed by atoms with E-state index < -0.39 is 15.1 Å². The van der Waals surface area contributed by atoms with Gasteiger partial charge in [0.25, 0.3) is 5.70 Å². The van der Waals surface area contributed by atoms with Crippen molar-refractivity contribution in [2.75, 3.05) is 5.75 Å². The van der Waals surface area contributed by atoms with E-state index in [-0.39, 0.29) is 17.4 Å². The van der Waals surface area contributed by atoms with Crippen LogP contribution in [-0.4, -0.2) is 19.4 Å². The summed E-state index contributed by atoms with van der Waals surface area (Å²) in [5.41, 5.74) is 0.346. The van der Waals surface area contributed by atoms with E-state index in [1.54, 1.807) is 30.4 Å². The smallest absolute Gasteiger partial charge is 0.228 e. The first-order valence-electron chi connectivity index (χ1n) is 4.67. The zero-order valence-corrected chi connectivity index (χ0v) is 9.11. The number of fused-ring (bicyclic) bond motifs is 1. The molecule has 1 saturated heterocycles. The molecule has 0 bridgehead atoms. The molecule has 16 heavy (non-hydrogen) atoms. The van der Waals surface area contributed by atoms with Gasteiger partial charge in [0.15, 0.2) is 9.84 Å². The molecule has 80 valence electrons. The first-order valence-corrected chi connectivity index (χ1v) is 6.39. The maximum atomic E-state index is 11.8. The number of nitriles is 1. The molecule has 2 unspecified atom stereocenters. The largest absolute Gasteiger partial charge is 0.262 e. The quantitative estimate of drug-likeness (QED) is 0.466. The summed E-state index contributed by atoms with van der Waals surface area (Å²) in [7, 11) is -3.25. The van der Waals surface area contributed by atoms with Crippen LogP contribution in [0.25, 0.3) is 4.85 Å². The molecule has 0 aromatic heterocycles. The predicted octanol–water partition coefficient (Wildman–Crippen LogP) is 1.22. The van der Waals surface area contributed by atoms with Gasteiger partial charge in [-0.2, -0.15) is 0 Å². The Morgan fingerprint density at radius 3 is 2.81 bits per heavy atom. The number of rotatable bonds is 0. The van der Waals surface area contributed by atoms with Crippen LogP contribution < -0.4 is 0 Å². The fraction of sp³-hybridized carbons (Fsp3) is 0.273. The monoisotopic (exact) mass is 232 g/mol. The third-order valence-corrected chi connectivity index (χ3v) is 4.77. The summed E-state index contributed by atoms with van der Waals surface area (Å²) in [6.07, 6.45) is 6.80. The fourth-order valence-corrected chi connectivity index (χ4v) is 4.04. The first kappa shape index (κ1) is 10.7. The van der Waals surface area contributed by atoms with Crippen molar-refractivity contribution in [2.45, 2.75) is 5.25 Å². The summed E-state index contributed by atoms with van der Waals surface area (Å²) in [4.78, 5) is 3.09. The SMILES string of the molecule is [C-]#[N+]/C(C#N)=C1\CS(=O)(=O)C2C=CC=CC12. The van der Waals surface area contributed by atoms with Crippen LogP contribution in [0.4, 0.5) is 0 Å². The summed E-state index contributed by atoms with van der Waals surface area (Å²) in [6.45, 7) is 6.87. The zero-order valence-electron chi connectivity index (χ0n) is 8.29. The predicted molar refractivity (Wildman–Crippen MR) is 58.6 cm³/mol. The Kier molecular flexibility index (Phi) is 2.41. The van der Waals surface area contributed by atoms with Crippen LogP contribution in [0.5, 0.6) is 0 Å². The van der Waals surface area contributed by atoms with Gasteiger partial charge in [0, 0.05) is 5.92 Å². The van der Waals surface area contributed by atoms with E-state index in [2.05, 4.69) is 4.85 Å². The Labute approximate surface area is 93.9 Å². The lowest BCUT2D eigenvalue weighted by atomic mass is 9.92. The van der Waals surface area contributed by atoms with Gasteiger partial charge in [0.2, 0.25) is 0 Å². The Morgan fingerprint density at radius 1 is 1.50 bits per heavy atom. The van der Waals surface area contributed by atoms with Crippen LogP contribution >= 0.6 is 0 Å². The second-order valence-corrected chi connectivity index (χ2v) is 5.82. The number of nitrogens with zero attached hydrogens (tertiary/aromatic N) is 2. The maximum absolute atomic E-state index is 11.8. The highest BCUT2D eigenvalue weighted by Gasteiger charge is 2.42. The Balaban J connectivity index is 2.61. The molecule has 0 radical (unpaired) electrons. The van der Waals surface area contributed by atoms with Crippen molar-refractivity contribution in [1.82, 2.24) is 0 Å². The average molecular weight is 232 g/mol. The fourth-order valence-electron chi connectivity index (χ4n) is 2.05. The molecule has 4 nitrogen and oxygen atoms in total. The van der Waals surface area contributed by atoms with Crippen LogP contribution in [0, 0.1) is 23.8 Å². The van der Waals surface area contributed by atoms with E-state index in [4.69, 9.17) is 11.8 Å².